The lowest BCUT2D eigenvalue weighted by molar-refractivity contribution is -0.240. The zero-order valence-electron chi connectivity index (χ0n) is 16.5. The van der Waals surface area contributed by atoms with Gasteiger partial charge in [0.15, 0.2) is 15.8 Å². The number of carbonyl (C=O) groups is 3. The third kappa shape index (κ3) is 4.28. The van der Waals surface area contributed by atoms with Gasteiger partial charge in [-0.2, -0.15) is 0 Å². The molecule has 1 saturated heterocycles. The van der Waals surface area contributed by atoms with Gasteiger partial charge in [-0.3, -0.25) is 14.4 Å². The van der Waals surface area contributed by atoms with Crippen molar-refractivity contribution >= 4 is 27.6 Å². The number of rotatable bonds is 6. The normalized spacial score (nSPS) is 16.8. The molecule has 10 heteroatoms. The first kappa shape index (κ1) is 21.7. The fourth-order valence-electron chi connectivity index (χ4n) is 3.22. The van der Waals surface area contributed by atoms with Crippen LogP contribution in [0.5, 0.6) is 0 Å². The monoisotopic (exact) mass is 437 g/mol. The number of sulfone groups is 1. The molecule has 0 atom stereocenters. The van der Waals surface area contributed by atoms with E-state index >= 15 is 0 Å². The molecule has 3 rings (SSSR count). The van der Waals surface area contributed by atoms with Crippen LogP contribution in [-0.2, 0) is 35.4 Å². The average molecular weight is 437 g/mol. The second kappa shape index (κ2) is 7.67. The Morgan fingerprint density at radius 3 is 2.27 bits per heavy atom. The van der Waals surface area contributed by atoms with Crippen LogP contribution in [0.2, 0.25) is 0 Å². The van der Waals surface area contributed by atoms with Crippen LogP contribution in [0.25, 0.3) is 0 Å². The van der Waals surface area contributed by atoms with Crippen LogP contribution in [-0.4, -0.2) is 42.7 Å². The van der Waals surface area contributed by atoms with Crippen LogP contribution in [0.4, 0.5) is 4.39 Å². The van der Waals surface area contributed by atoms with E-state index in [0.29, 0.717) is 0 Å². The molecule has 1 aromatic carbocycles. The summed E-state index contributed by atoms with van der Waals surface area (Å²) in [5, 5.41) is -0.194. The minimum Gasteiger partial charge on any atom is -0.422 e. The lowest BCUT2D eigenvalue weighted by Gasteiger charge is -2.33. The summed E-state index contributed by atoms with van der Waals surface area (Å²) in [7, 11) is -3.75. The molecule has 1 aliphatic heterocycles. The number of ketones is 1. The predicted octanol–water partition coefficient (Wildman–Crippen LogP) is 2.10. The largest absolute Gasteiger partial charge is 0.422 e. The summed E-state index contributed by atoms with van der Waals surface area (Å²) in [6.07, 6.45) is 0.796. The Labute approximate surface area is 172 Å². The first-order valence-electron chi connectivity index (χ1n) is 9.05. The second-order valence-electron chi connectivity index (χ2n) is 7.37. The van der Waals surface area contributed by atoms with Gasteiger partial charge < -0.3 is 14.0 Å². The number of nitrogens with zero attached hydrogens (tertiary/aromatic N) is 1. The van der Waals surface area contributed by atoms with E-state index in [1.165, 1.54) is 44.2 Å². The molecule has 0 N–H and O–H groups in total. The van der Waals surface area contributed by atoms with Gasteiger partial charge in [-0.25, -0.2) is 12.8 Å². The number of ether oxygens (including phenoxy) is 2. The molecule has 0 bridgehead atoms. The van der Waals surface area contributed by atoms with Crippen molar-refractivity contribution in [3.8, 4) is 0 Å². The summed E-state index contributed by atoms with van der Waals surface area (Å²) >= 11 is 0. The van der Waals surface area contributed by atoms with Gasteiger partial charge in [0.25, 0.3) is 5.79 Å². The molecule has 30 heavy (non-hydrogen) atoms. The van der Waals surface area contributed by atoms with Crippen molar-refractivity contribution in [3.05, 3.63) is 53.5 Å². The Hall–Kier alpha value is -3.01. The highest BCUT2D eigenvalue weighted by molar-refractivity contribution is 7.90. The van der Waals surface area contributed by atoms with Crippen LogP contribution in [0.15, 0.2) is 41.4 Å². The third-order valence-electron chi connectivity index (χ3n) is 4.57. The Morgan fingerprint density at radius 1 is 1.10 bits per heavy atom. The van der Waals surface area contributed by atoms with Gasteiger partial charge in [-0.15, -0.1) is 0 Å². The maximum atomic E-state index is 14.1. The quantitative estimate of drug-likeness (QED) is 0.387. The van der Waals surface area contributed by atoms with Crippen molar-refractivity contribution in [1.82, 2.24) is 4.57 Å². The summed E-state index contributed by atoms with van der Waals surface area (Å²) in [6.45, 7) is 2.65. The molecule has 0 radical (unpaired) electrons. The van der Waals surface area contributed by atoms with E-state index in [4.69, 9.17) is 9.47 Å². The van der Waals surface area contributed by atoms with Crippen LogP contribution in [0, 0.1) is 11.7 Å². The predicted molar refractivity (Wildman–Crippen MR) is 102 cm³/mol. The minimum atomic E-state index is -3.75. The van der Waals surface area contributed by atoms with Crippen molar-refractivity contribution in [2.45, 2.75) is 37.6 Å². The number of aromatic nitrogens is 1. The van der Waals surface area contributed by atoms with Crippen molar-refractivity contribution in [3.63, 3.8) is 0 Å². The molecule has 0 amide bonds. The molecule has 0 spiro atoms. The van der Waals surface area contributed by atoms with Crippen LogP contribution in [0.1, 0.15) is 36.3 Å². The maximum Gasteiger partial charge on any atom is 0.323 e. The molecule has 0 unspecified atom stereocenters. The highest BCUT2D eigenvalue weighted by atomic mass is 32.2. The number of halogens is 1. The number of esters is 2. The molecule has 8 nitrogen and oxygen atoms in total. The summed E-state index contributed by atoms with van der Waals surface area (Å²) in [4.78, 5) is 37.2. The van der Waals surface area contributed by atoms with Crippen molar-refractivity contribution in [2.75, 3.05) is 6.26 Å². The molecule has 1 fully saturated rings. The van der Waals surface area contributed by atoms with Gasteiger partial charge in [-0.05, 0) is 30.7 Å². The molecule has 0 saturated carbocycles. The average Bonchev–Trinajstić information content (AvgIpc) is 3.04. The third-order valence-corrected chi connectivity index (χ3v) is 5.69. The summed E-state index contributed by atoms with van der Waals surface area (Å²) < 4.78 is 49.7. The first-order chi connectivity index (χ1) is 13.9. The van der Waals surface area contributed by atoms with Gasteiger partial charge in [0.1, 0.15) is 10.8 Å². The summed E-state index contributed by atoms with van der Waals surface area (Å²) in [6, 6.07) is 7.81. The van der Waals surface area contributed by atoms with Gasteiger partial charge in [0.05, 0.1) is 11.3 Å². The van der Waals surface area contributed by atoms with E-state index in [1.807, 2.05) is 0 Å². The van der Waals surface area contributed by atoms with Crippen LogP contribution < -0.4 is 0 Å². The van der Waals surface area contributed by atoms with E-state index in [-0.39, 0.29) is 29.2 Å². The minimum absolute atomic E-state index is 0.0848. The van der Waals surface area contributed by atoms with E-state index in [1.54, 1.807) is 0 Å². The SMILES string of the molecule is CC1(C)OC(=O)C(CCn2c(C(=O)c3ccccc3F)ccc2S(C)(=O)=O)C(=O)O1. The number of benzene rings is 1. The zero-order chi connectivity index (χ0) is 22.3. The molecular weight excluding hydrogens is 417 g/mol. The van der Waals surface area contributed by atoms with Gasteiger partial charge >= 0.3 is 11.9 Å². The van der Waals surface area contributed by atoms with Crippen LogP contribution in [0.3, 0.4) is 0 Å². The Morgan fingerprint density at radius 2 is 1.70 bits per heavy atom. The molecule has 2 aromatic rings. The molecular formula is C20H20FNO7S. The Kier molecular flexibility index (Phi) is 5.55. The molecule has 1 aliphatic rings. The first-order valence-corrected chi connectivity index (χ1v) is 10.9. The number of hydrogen-bond donors (Lipinski definition) is 0. The fourth-order valence-corrected chi connectivity index (χ4v) is 4.13. The second-order valence-corrected chi connectivity index (χ2v) is 9.34. The topological polar surface area (TPSA) is 109 Å². The summed E-state index contributed by atoms with van der Waals surface area (Å²) in [5.41, 5.74) is -0.312. The van der Waals surface area contributed by atoms with E-state index in [2.05, 4.69) is 0 Å². The Balaban J connectivity index is 1.95. The molecule has 2 heterocycles. The maximum absolute atomic E-state index is 14.1. The van der Waals surface area contributed by atoms with Crippen molar-refractivity contribution < 1.29 is 36.7 Å². The zero-order valence-corrected chi connectivity index (χ0v) is 17.4. The van der Waals surface area contributed by atoms with Crippen molar-refractivity contribution in [2.24, 2.45) is 5.92 Å². The number of cyclic esters (lactones) is 2. The number of hydrogen-bond acceptors (Lipinski definition) is 7. The van der Waals surface area contributed by atoms with E-state index < -0.39 is 45.1 Å². The standard InChI is InChI=1S/C20H20FNO7S/c1-20(2)28-18(24)13(19(25)29-20)10-11-22-15(8-9-16(22)30(3,26)27)17(23)12-6-4-5-7-14(12)21/h4-9,13H,10-11H2,1-3H3. The highest BCUT2D eigenvalue weighted by Gasteiger charge is 2.43. The smallest absolute Gasteiger partial charge is 0.323 e. The highest BCUT2D eigenvalue weighted by Crippen LogP contribution is 2.27. The lowest BCUT2D eigenvalue weighted by Crippen LogP contribution is -2.46. The Bertz CT molecular complexity index is 1110. The molecule has 1 aromatic heterocycles. The van der Waals surface area contributed by atoms with E-state index in [9.17, 15) is 27.2 Å². The lowest BCUT2D eigenvalue weighted by atomic mass is 10.0. The fraction of sp³-hybridized carbons (Fsp3) is 0.350. The van der Waals surface area contributed by atoms with Crippen molar-refractivity contribution in [1.29, 1.82) is 0 Å². The van der Waals surface area contributed by atoms with Gasteiger partial charge in [-0.1, -0.05) is 12.1 Å². The van der Waals surface area contributed by atoms with Gasteiger partial charge in [0, 0.05) is 26.6 Å². The van der Waals surface area contributed by atoms with E-state index in [0.717, 1.165) is 16.9 Å². The summed E-state index contributed by atoms with van der Waals surface area (Å²) in [5.74, 6) is -5.74. The number of carbonyl (C=O) groups excluding carboxylic acids is 3. The molecule has 160 valence electrons. The van der Waals surface area contributed by atoms with Crippen LogP contribution >= 0.6 is 0 Å². The van der Waals surface area contributed by atoms with Gasteiger partial charge in [0.2, 0.25) is 5.78 Å². The molecule has 0 aliphatic carbocycles.